The topological polar surface area (TPSA) is 52.6 Å². The molecule has 3 fully saturated rings. The summed E-state index contributed by atoms with van der Waals surface area (Å²) in [5, 5.41) is 0. The lowest BCUT2D eigenvalue weighted by atomic mass is 9.85. The van der Waals surface area contributed by atoms with Crippen molar-refractivity contribution in [3.05, 3.63) is 53.9 Å². The van der Waals surface area contributed by atoms with Gasteiger partial charge in [-0.2, -0.15) is 0 Å². The summed E-state index contributed by atoms with van der Waals surface area (Å²) in [6.45, 7) is 6.53. The Morgan fingerprint density at radius 2 is 1.61 bits per heavy atom. The molecule has 0 N–H and O–H groups in total. The predicted octanol–water partition coefficient (Wildman–Crippen LogP) is 3.13. The van der Waals surface area contributed by atoms with Gasteiger partial charge in [-0.25, -0.2) is 9.97 Å². The minimum Gasteiger partial charge on any atom is -0.342 e. The molecule has 0 bridgehead atoms. The fourth-order valence-corrected chi connectivity index (χ4v) is 5.43. The van der Waals surface area contributed by atoms with Crippen molar-refractivity contribution in [3.8, 4) is 0 Å². The standard InChI is InChI=1S/C25H33N5O/c31-23-25(11-16-29(23)14-9-21-7-3-1-4-8-21)10-15-28(20-25)19-22-17-26-24(27-18-22)30-12-5-2-6-13-30/h1,3-4,7-8,17-18H,2,5-6,9-16,19-20H2. The third kappa shape index (κ3) is 4.45. The van der Waals surface area contributed by atoms with Crippen molar-refractivity contribution in [2.75, 3.05) is 44.2 Å². The monoisotopic (exact) mass is 419 g/mol. The smallest absolute Gasteiger partial charge is 0.230 e. The van der Waals surface area contributed by atoms with E-state index < -0.39 is 0 Å². The van der Waals surface area contributed by atoms with E-state index in [2.05, 4.69) is 48.9 Å². The van der Waals surface area contributed by atoms with E-state index in [0.717, 1.165) is 76.6 Å². The summed E-state index contributed by atoms with van der Waals surface area (Å²) in [5.41, 5.74) is 2.27. The molecule has 1 spiro atoms. The van der Waals surface area contributed by atoms with Crippen LogP contribution < -0.4 is 4.90 Å². The summed E-state index contributed by atoms with van der Waals surface area (Å²) in [7, 11) is 0. The zero-order valence-corrected chi connectivity index (χ0v) is 18.4. The molecule has 6 nitrogen and oxygen atoms in total. The Balaban J connectivity index is 1.15. The fraction of sp³-hybridized carbons (Fsp3) is 0.560. The average Bonchev–Trinajstić information content (AvgIpc) is 3.37. The lowest BCUT2D eigenvalue weighted by molar-refractivity contribution is -0.135. The first-order chi connectivity index (χ1) is 15.2. The molecule has 0 saturated carbocycles. The third-order valence-electron chi connectivity index (χ3n) is 7.28. The first-order valence-corrected chi connectivity index (χ1v) is 11.8. The number of rotatable bonds is 6. The van der Waals surface area contributed by atoms with Crippen LogP contribution in [0.15, 0.2) is 42.7 Å². The quantitative estimate of drug-likeness (QED) is 0.720. The van der Waals surface area contributed by atoms with Crippen LogP contribution in [0.1, 0.15) is 43.2 Å². The third-order valence-corrected chi connectivity index (χ3v) is 7.28. The Morgan fingerprint density at radius 3 is 2.39 bits per heavy atom. The first-order valence-electron chi connectivity index (χ1n) is 11.8. The van der Waals surface area contributed by atoms with Crippen LogP contribution in [0.5, 0.6) is 0 Å². The van der Waals surface area contributed by atoms with Gasteiger partial charge in [0, 0.05) is 57.2 Å². The molecule has 1 aromatic heterocycles. The SMILES string of the molecule is O=C1N(CCc2ccccc2)CCC12CCN(Cc1cnc(N3CCCCC3)nc1)C2. The number of hydrogen-bond acceptors (Lipinski definition) is 5. The highest BCUT2D eigenvalue weighted by Gasteiger charge is 2.50. The van der Waals surface area contributed by atoms with Gasteiger partial charge in [0.05, 0.1) is 5.41 Å². The molecule has 0 aliphatic carbocycles. The second kappa shape index (κ2) is 8.95. The molecule has 5 rings (SSSR count). The summed E-state index contributed by atoms with van der Waals surface area (Å²) < 4.78 is 0. The van der Waals surface area contributed by atoms with Crippen LogP contribution in [0.25, 0.3) is 0 Å². The Bertz CT molecular complexity index is 881. The van der Waals surface area contributed by atoms with E-state index in [4.69, 9.17) is 0 Å². The molecule has 164 valence electrons. The number of anilines is 1. The number of likely N-dealkylation sites (tertiary alicyclic amines) is 2. The lowest BCUT2D eigenvalue weighted by Gasteiger charge is -2.26. The Kier molecular flexibility index (Phi) is 5.90. The van der Waals surface area contributed by atoms with E-state index in [1.165, 1.54) is 24.8 Å². The zero-order chi connectivity index (χ0) is 21.1. The van der Waals surface area contributed by atoms with Crippen LogP contribution in [0.2, 0.25) is 0 Å². The number of nitrogens with zero attached hydrogens (tertiary/aromatic N) is 5. The summed E-state index contributed by atoms with van der Waals surface area (Å²) >= 11 is 0. The van der Waals surface area contributed by atoms with Crippen molar-refractivity contribution in [3.63, 3.8) is 0 Å². The van der Waals surface area contributed by atoms with Crippen LogP contribution in [0.3, 0.4) is 0 Å². The van der Waals surface area contributed by atoms with E-state index in [0.29, 0.717) is 5.91 Å². The first kappa shape index (κ1) is 20.4. The van der Waals surface area contributed by atoms with Crippen molar-refractivity contribution in [2.24, 2.45) is 5.41 Å². The second-order valence-electron chi connectivity index (χ2n) is 9.46. The van der Waals surface area contributed by atoms with Gasteiger partial charge in [0.15, 0.2) is 0 Å². The summed E-state index contributed by atoms with van der Waals surface area (Å²) in [4.78, 5) is 29.3. The summed E-state index contributed by atoms with van der Waals surface area (Å²) in [6, 6.07) is 10.5. The van der Waals surface area contributed by atoms with Gasteiger partial charge < -0.3 is 9.80 Å². The molecule has 3 aliphatic heterocycles. The molecule has 1 amide bonds. The van der Waals surface area contributed by atoms with Crippen molar-refractivity contribution in [2.45, 2.75) is 45.1 Å². The van der Waals surface area contributed by atoms with E-state index in [-0.39, 0.29) is 5.41 Å². The van der Waals surface area contributed by atoms with Gasteiger partial charge in [0.25, 0.3) is 0 Å². The highest BCUT2D eigenvalue weighted by molar-refractivity contribution is 5.85. The molecule has 3 saturated heterocycles. The molecule has 4 heterocycles. The molecule has 1 aromatic carbocycles. The molecule has 3 aliphatic rings. The highest BCUT2D eigenvalue weighted by atomic mass is 16.2. The van der Waals surface area contributed by atoms with E-state index in [1.54, 1.807) is 0 Å². The highest BCUT2D eigenvalue weighted by Crippen LogP contribution is 2.41. The fourth-order valence-electron chi connectivity index (χ4n) is 5.43. The average molecular weight is 420 g/mol. The van der Waals surface area contributed by atoms with Gasteiger partial charge in [0.1, 0.15) is 0 Å². The maximum atomic E-state index is 13.2. The Labute approximate surface area is 185 Å². The number of benzene rings is 1. The normalized spacial score (nSPS) is 24.5. The molecular formula is C25H33N5O. The molecule has 1 unspecified atom stereocenters. The van der Waals surface area contributed by atoms with Crippen molar-refractivity contribution < 1.29 is 4.79 Å². The maximum Gasteiger partial charge on any atom is 0.230 e. The maximum absolute atomic E-state index is 13.2. The molecule has 1 atom stereocenters. The number of carbonyl (C=O) groups excluding carboxylic acids is 1. The van der Waals surface area contributed by atoms with Crippen LogP contribution in [0.4, 0.5) is 5.95 Å². The van der Waals surface area contributed by atoms with E-state index in [9.17, 15) is 4.79 Å². The number of hydrogen-bond donors (Lipinski definition) is 0. The van der Waals surface area contributed by atoms with Crippen LogP contribution in [0, 0.1) is 5.41 Å². The van der Waals surface area contributed by atoms with Gasteiger partial charge in [-0.1, -0.05) is 30.3 Å². The minimum absolute atomic E-state index is 0.175. The van der Waals surface area contributed by atoms with Gasteiger partial charge in [-0.05, 0) is 50.6 Å². The summed E-state index contributed by atoms with van der Waals surface area (Å²) in [5.74, 6) is 1.23. The van der Waals surface area contributed by atoms with Crippen LogP contribution in [-0.2, 0) is 17.8 Å². The van der Waals surface area contributed by atoms with Crippen molar-refractivity contribution >= 4 is 11.9 Å². The zero-order valence-electron chi connectivity index (χ0n) is 18.4. The Morgan fingerprint density at radius 1 is 0.871 bits per heavy atom. The number of piperidine rings is 1. The van der Waals surface area contributed by atoms with Gasteiger partial charge in [0.2, 0.25) is 11.9 Å². The van der Waals surface area contributed by atoms with Crippen LogP contribution in [-0.4, -0.2) is 64.9 Å². The lowest BCUT2D eigenvalue weighted by Crippen LogP contribution is -2.37. The molecule has 0 radical (unpaired) electrons. The number of aromatic nitrogens is 2. The summed E-state index contributed by atoms with van der Waals surface area (Å²) in [6.07, 6.45) is 10.6. The molecular weight excluding hydrogens is 386 g/mol. The largest absolute Gasteiger partial charge is 0.342 e. The van der Waals surface area contributed by atoms with Gasteiger partial charge in [-0.3, -0.25) is 9.69 Å². The van der Waals surface area contributed by atoms with Gasteiger partial charge >= 0.3 is 0 Å². The Hall–Kier alpha value is -2.47. The van der Waals surface area contributed by atoms with Crippen molar-refractivity contribution in [1.82, 2.24) is 19.8 Å². The van der Waals surface area contributed by atoms with E-state index in [1.807, 2.05) is 18.5 Å². The number of carbonyl (C=O) groups is 1. The predicted molar refractivity (Wildman–Crippen MR) is 122 cm³/mol. The second-order valence-corrected chi connectivity index (χ2v) is 9.46. The van der Waals surface area contributed by atoms with Crippen molar-refractivity contribution in [1.29, 1.82) is 0 Å². The number of amides is 1. The minimum atomic E-state index is -0.175. The van der Waals surface area contributed by atoms with E-state index >= 15 is 0 Å². The molecule has 31 heavy (non-hydrogen) atoms. The van der Waals surface area contributed by atoms with Gasteiger partial charge in [-0.15, -0.1) is 0 Å². The molecule has 2 aromatic rings. The molecule has 6 heteroatoms. The van der Waals surface area contributed by atoms with Crippen LogP contribution >= 0.6 is 0 Å².